The molecule has 3 heteroatoms. The van der Waals surface area contributed by atoms with E-state index in [-0.39, 0.29) is 11.5 Å². The van der Waals surface area contributed by atoms with Crippen molar-refractivity contribution in [3.63, 3.8) is 0 Å². The normalized spacial score (nSPS) is 13.8. The summed E-state index contributed by atoms with van der Waals surface area (Å²) in [5.74, 6) is 0. The van der Waals surface area contributed by atoms with Gasteiger partial charge in [-0.1, -0.05) is 45.0 Å². The molecule has 1 rings (SSSR count). The molecule has 1 aromatic carbocycles. The van der Waals surface area contributed by atoms with E-state index in [2.05, 4.69) is 57.0 Å². The van der Waals surface area contributed by atoms with Gasteiger partial charge < -0.3 is 16.4 Å². The van der Waals surface area contributed by atoms with Crippen molar-refractivity contribution in [3.05, 3.63) is 35.4 Å². The lowest BCUT2D eigenvalue weighted by Gasteiger charge is -2.21. The van der Waals surface area contributed by atoms with Gasteiger partial charge in [-0.25, -0.2) is 0 Å². The Kier molecular flexibility index (Phi) is 5.98. The molecule has 4 N–H and O–H groups in total. The maximum atomic E-state index is 5.84. The largest absolute Gasteiger partial charge is 0.329 e. The molecule has 1 atom stereocenters. The zero-order valence-corrected chi connectivity index (χ0v) is 12.8. The molecule has 108 valence electrons. The van der Waals surface area contributed by atoms with E-state index in [1.807, 2.05) is 0 Å². The van der Waals surface area contributed by atoms with Crippen LogP contribution in [0.5, 0.6) is 0 Å². The smallest absolute Gasteiger partial charge is 0.0292 e. The van der Waals surface area contributed by atoms with Crippen LogP contribution in [0.4, 0.5) is 0 Å². The first-order valence-corrected chi connectivity index (χ1v) is 7.06. The van der Waals surface area contributed by atoms with Gasteiger partial charge in [0, 0.05) is 25.7 Å². The molecule has 0 saturated heterocycles. The minimum Gasteiger partial charge on any atom is -0.329 e. The molecule has 0 radical (unpaired) electrons. The van der Waals surface area contributed by atoms with Crippen LogP contribution in [0.3, 0.4) is 0 Å². The van der Waals surface area contributed by atoms with E-state index in [0.717, 1.165) is 19.5 Å². The third-order valence-electron chi connectivity index (χ3n) is 3.45. The molecular formula is C16H29N3. The van der Waals surface area contributed by atoms with E-state index >= 15 is 0 Å². The Morgan fingerprint density at radius 3 is 2.21 bits per heavy atom. The van der Waals surface area contributed by atoms with Gasteiger partial charge in [0.05, 0.1) is 0 Å². The zero-order valence-electron chi connectivity index (χ0n) is 12.8. The average Bonchev–Trinajstić information content (AvgIpc) is 2.35. The van der Waals surface area contributed by atoms with E-state index in [0.29, 0.717) is 6.54 Å². The molecule has 0 heterocycles. The highest BCUT2D eigenvalue weighted by Crippen LogP contribution is 2.22. The third-order valence-corrected chi connectivity index (χ3v) is 3.45. The van der Waals surface area contributed by atoms with Gasteiger partial charge in [-0.2, -0.15) is 0 Å². The van der Waals surface area contributed by atoms with Gasteiger partial charge in [0.25, 0.3) is 0 Å². The van der Waals surface area contributed by atoms with Crippen LogP contribution in [0.1, 0.15) is 31.9 Å². The number of benzene rings is 1. The molecule has 3 nitrogen and oxygen atoms in total. The lowest BCUT2D eigenvalue weighted by molar-refractivity contribution is 0.316. The Hall–Kier alpha value is -0.900. The lowest BCUT2D eigenvalue weighted by Crippen LogP contribution is -2.41. The van der Waals surface area contributed by atoms with Gasteiger partial charge in [-0.3, -0.25) is 0 Å². The minimum absolute atomic E-state index is 0.0771. The molecular weight excluding hydrogens is 234 g/mol. The molecule has 1 aromatic rings. The van der Waals surface area contributed by atoms with Crippen LogP contribution in [0, 0.1) is 0 Å². The lowest BCUT2D eigenvalue weighted by atomic mass is 9.86. The van der Waals surface area contributed by atoms with Crippen LogP contribution < -0.4 is 11.5 Å². The average molecular weight is 263 g/mol. The third kappa shape index (κ3) is 5.72. The highest BCUT2D eigenvalue weighted by molar-refractivity contribution is 5.27. The minimum atomic E-state index is 0.0771. The highest BCUT2D eigenvalue weighted by Gasteiger charge is 2.12. The van der Waals surface area contributed by atoms with Crippen LogP contribution in [0.15, 0.2) is 24.3 Å². The van der Waals surface area contributed by atoms with Crippen molar-refractivity contribution in [3.8, 4) is 0 Å². The maximum Gasteiger partial charge on any atom is 0.0292 e. The second-order valence-corrected chi connectivity index (χ2v) is 6.45. The monoisotopic (exact) mass is 263 g/mol. The SMILES string of the molecule is CN(CCc1ccc(C(C)(C)C)cc1)CC(N)CN. The van der Waals surface area contributed by atoms with Crippen molar-refractivity contribution in [2.45, 2.75) is 38.6 Å². The van der Waals surface area contributed by atoms with E-state index < -0.39 is 0 Å². The van der Waals surface area contributed by atoms with E-state index in [1.54, 1.807) is 0 Å². The van der Waals surface area contributed by atoms with Crippen LogP contribution in [-0.2, 0) is 11.8 Å². The number of nitrogens with two attached hydrogens (primary N) is 2. The van der Waals surface area contributed by atoms with Crippen molar-refractivity contribution in [2.24, 2.45) is 11.5 Å². The fourth-order valence-electron chi connectivity index (χ4n) is 2.06. The van der Waals surface area contributed by atoms with Gasteiger partial charge in [0.1, 0.15) is 0 Å². The van der Waals surface area contributed by atoms with Crippen LogP contribution in [0.2, 0.25) is 0 Å². The fourth-order valence-corrected chi connectivity index (χ4v) is 2.06. The summed E-state index contributed by atoms with van der Waals surface area (Å²) < 4.78 is 0. The highest BCUT2D eigenvalue weighted by atomic mass is 15.1. The second kappa shape index (κ2) is 7.04. The van der Waals surface area contributed by atoms with E-state index in [1.165, 1.54) is 11.1 Å². The fraction of sp³-hybridized carbons (Fsp3) is 0.625. The first-order valence-electron chi connectivity index (χ1n) is 7.06. The van der Waals surface area contributed by atoms with Crippen molar-refractivity contribution in [2.75, 3.05) is 26.7 Å². The molecule has 0 aliphatic carbocycles. The topological polar surface area (TPSA) is 55.3 Å². The van der Waals surface area contributed by atoms with Crippen molar-refractivity contribution < 1.29 is 0 Å². The number of rotatable bonds is 6. The quantitative estimate of drug-likeness (QED) is 0.822. The summed E-state index contributed by atoms with van der Waals surface area (Å²) in [6, 6.07) is 9.02. The molecule has 0 saturated carbocycles. The van der Waals surface area contributed by atoms with E-state index in [4.69, 9.17) is 11.5 Å². The van der Waals surface area contributed by atoms with Crippen molar-refractivity contribution >= 4 is 0 Å². The van der Waals surface area contributed by atoms with Gasteiger partial charge in [-0.15, -0.1) is 0 Å². The van der Waals surface area contributed by atoms with Gasteiger partial charge in [-0.05, 0) is 30.0 Å². The summed E-state index contributed by atoms with van der Waals surface area (Å²) >= 11 is 0. The summed E-state index contributed by atoms with van der Waals surface area (Å²) in [7, 11) is 2.10. The predicted molar refractivity (Wildman–Crippen MR) is 83.4 cm³/mol. The summed E-state index contributed by atoms with van der Waals surface area (Å²) in [6.45, 7) is 9.14. The second-order valence-electron chi connectivity index (χ2n) is 6.45. The Bertz CT molecular complexity index is 365. The van der Waals surface area contributed by atoms with E-state index in [9.17, 15) is 0 Å². The van der Waals surface area contributed by atoms with Crippen LogP contribution >= 0.6 is 0 Å². The molecule has 0 bridgehead atoms. The Morgan fingerprint density at radius 1 is 1.16 bits per heavy atom. The number of likely N-dealkylation sites (N-methyl/N-ethyl adjacent to an activating group) is 1. The van der Waals surface area contributed by atoms with Crippen LogP contribution in [-0.4, -0.2) is 37.6 Å². The molecule has 0 amide bonds. The molecule has 0 spiro atoms. The van der Waals surface area contributed by atoms with Crippen molar-refractivity contribution in [1.82, 2.24) is 4.90 Å². The Morgan fingerprint density at radius 2 is 1.74 bits per heavy atom. The molecule has 19 heavy (non-hydrogen) atoms. The zero-order chi connectivity index (χ0) is 14.5. The molecule has 0 aliphatic heterocycles. The molecule has 0 aliphatic rings. The first-order chi connectivity index (χ1) is 8.82. The summed E-state index contributed by atoms with van der Waals surface area (Å²) in [5.41, 5.74) is 14.4. The molecule has 1 unspecified atom stereocenters. The summed E-state index contributed by atoms with van der Waals surface area (Å²) in [5, 5.41) is 0. The number of nitrogens with zero attached hydrogens (tertiary/aromatic N) is 1. The Balaban J connectivity index is 2.46. The first kappa shape index (κ1) is 16.2. The van der Waals surface area contributed by atoms with Crippen LogP contribution in [0.25, 0.3) is 0 Å². The standard InChI is InChI=1S/C16H29N3/c1-16(2,3)14-7-5-13(6-8-14)9-10-19(4)12-15(18)11-17/h5-8,15H,9-12,17-18H2,1-4H3. The maximum absolute atomic E-state index is 5.84. The molecule has 0 fully saturated rings. The molecule has 0 aromatic heterocycles. The summed E-state index contributed by atoms with van der Waals surface area (Å²) in [6.07, 6.45) is 1.05. The predicted octanol–water partition coefficient (Wildman–Crippen LogP) is 1.74. The number of hydrogen-bond donors (Lipinski definition) is 2. The summed E-state index contributed by atoms with van der Waals surface area (Å²) in [4.78, 5) is 2.25. The van der Waals surface area contributed by atoms with Gasteiger partial charge >= 0.3 is 0 Å². The number of hydrogen-bond acceptors (Lipinski definition) is 3. The van der Waals surface area contributed by atoms with Gasteiger partial charge in [0.2, 0.25) is 0 Å². The Labute approximate surface area is 118 Å². The van der Waals surface area contributed by atoms with Crippen molar-refractivity contribution in [1.29, 1.82) is 0 Å². The van der Waals surface area contributed by atoms with Gasteiger partial charge in [0.15, 0.2) is 0 Å².